The van der Waals surface area contributed by atoms with Crippen LogP contribution < -0.4 is 0 Å². The van der Waals surface area contributed by atoms with Gasteiger partial charge in [-0.3, -0.25) is 0 Å². The second-order valence-corrected chi connectivity index (χ2v) is 6.54. The molecule has 0 aromatic rings. The minimum Gasteiger partial charge on any atom is -0.396 e. The molecule has 0 saturated carbocycles. The summed E-state index contributed by atoms with van der Waals surface area (Å²) in [6.07, 6.45) is 0.971. The first-order chi connectivity index (χ1) is 6.95. The predicted molar refractivity (Wildman–Crippen MR) is 59.1 cm³/mol. The molecule has 1 fully saturated rings. The maximum absolute atomic E-state index is 11.5. The van der Waals surface area contributed by atoms with Gasteiger partial charge in [-0.2, -0.15) is 0 Å². The van der Waals surface area contributed by atoms with Gasteiger partial charge in [0.1, 0.15) is 0 Å². The van der Waals surface area contributed by atoms with Gasteiger partial charge in [0.05, 0.1) is 5.75 Å². The number of nitrogens with zero attached hydrogens (tertiary/aromatic N) is 2. The summed E-state index contributed by atoms with van der Waals surface area (Å²) in [5, 5.41) is 8.95. The van der Waals surface area contributed by atoms with Crippen molar-refractivity contribution < 1.29 is 13.5 Å². The molecule has 5 nitrogen and oxygen atoms in total. The van der Waals surface area contributed by atoms with Crippen LogP contribution in [-0.2, 0) is 10.0 Å². The molecule has 0 spiro atoms. The van der Waals surface area contributed by atoms with Crippen molar-refractivity contribution in [2.75, 3.05) is 46.1 Å². The normalized spacial score (nSPS) is 23.9. The lowest BCUT2D eigenvalue weighted by Gasteiger charge is -2.17. The van der Waals surface area contributed by atoms with Crippen molar-refractivity contribution >= 4 is 10.0 Å². The summed E-state index contributed by atoms with van der Waals surface area (Å²) >= 11 is 0. The number of aliphatic hydroxyl groups is 1. The molecule has 0 aromatic carbocycles. The van der Waals surface area contributed by atoms with Crippen LogP contribution in [0, 0.1) is 5.92 Å². The number of hydrogen-bond donors (Lipinski definition) is 1. The van der Waals surface area contributed by atoms with Gasteiger partial charge in [0.15, 0.2) is 0 Å². The highest BCUT2D eigenvalue weighted by Gasteiger charge is 2.23. The van der Waals surface area contributed by atoms with E-state index in [-0.39, 0.29) is 12.4 Å². The van der Waals surface area contributed by atoms with E-state index in [1.54, 1.807) is 14.1 Å². The van der Waals surface area contributed by atoms with Crippen LogP contribution in [0.2, 0.25) is 0 Å². The summed E-state index contributed by atoms with van der Waals surface area (Å²) in [4.78, 5) is 2.10. The monoisotopic (exact) mass is 236 g/mol. The molecule has 1 unspecified atom stereocenters. The molecule has 1 saturated heterocycles. The van der Waals surface area contributed by atoms with Gasteiger partial charge in [0.2, 0.25) is 10.0 Å². The molecule has 1 rings (SSSR count). The lowest BCUT2D eigenvalue weighted by Crippen LogP contribution is -2.33. The summed E-state index contributed by atoms with van der Waals surface area (Å²) in [5.74, 6) is 0.491. The third kappa shape index (κ3) is 3.71. The molecule has 1 aliphatic rings. The molecular formula is C9H20N2O3S. The second-order valence-electron chi connectivity index (χ2n) is 4.24. The Balaban J connectivity index is 2.33. The molecule has 1 N–H and O–H groups in total. The highest BCUT2D eigenvalue weighted by atomic mass is 32.2. The Bertz CT molecular complexity index is 290. The molecule has 0 radical (unpaired) electrons. The topological polar surface area (TPSA) is 60.9 Å². The first kappa shape index (κ1) is 12.9. The van der Waals surface area contributed by atoms with Gasteiger partial charge in [-0.05, 0) is 18.9 Å². The van der Waals surface area contributed by atoms with Crippen LogP contribution in [0.4, 0.5) is 0 Å². The molecule has 1 heterocycles. The Hall–Kier alpha value is -0.170. The van der Waals surface area contributed by atoms with Crippen LogP contribution >= 0.6 is 0 Å². The van der Waals surface area contributed by atoms with E-state index in [2.05, 4.69) is 4.90 Å². The van der Waals surface area contributed by atoms with Gasteiger partial charge in [-0.1, -0.05) is 0 Å². The Morgan fingerprint density at radius 1 is 1.47 bits per heavy atom. The molecule has 15 heavy (non-hydrogen) atoms. The minimum absolute atomic E-state index is 0.165. The molecule has 0 bridgehead atoms. The van der Waals surface area contributed by atoms with Crippen molar-refractivity contribution in [1.29, 1.82) is 0 Å². The Morgan fingerprint density at radius 2 is 2.13 bits per heavy atom. The van der Waals surface area contributed by atoms with E-state index in [0.29, 0.717) is 12.5 Å². The fourth-order valence-electron chi connectivity index (χ4n) is 1.69. The largest absolute Gasteiger partial charge is 0.396 e. The minimum atomic E-state index is -3.08. The van der Waals surface area contributed by atoms with Crippen LogP contribution in [0.1, 0.15) is 6.42 Å². The quantitative estimate of drug-likeness (QED) is 0.678. The smallest absolute Gasteiger partial charge is 0.214 e. The van der Waals surface area contributed by atoms with Crippen LogP contribution in [0.15, 0.2) is 0 Å². The van der Waals surface area contributed by atoms with Crippen LogP contribution in [-0.4, -0.2) is 68.8 Å². The summed E-state index contributed by atoms with van der Waals surface area (Å²) < 4.78 is 24.2. The zero-order valence-electron chi connectivity index (χ0n) is 9.39. The number of rotatable bonds is 5. The number of hydrogen-bond acceptors (Lipinski definition) is 4. The van der Waals surface area contributed by atoms with Crippen molar-refractivity contribution in [1.82, 2.24) is 9.21 Å². The third-order valence-corrected chi connectivity index (χ3v) is 4.66. The summed E-state index contributed by atoms with van der Waals surface area (Å²) in [7, 11) is 0.0222. The van der Waals surface area contributed by atoms with Crippen LogP contribution in [0.3, 0.4) is 0 Å². The second kappa shape index (κ2) is 5.25. The molecule has 6 heteroatoms. The zero-order valence-corrected chi connectivity index (χ0v) is 10.2. The van der Waals surface area contributed by atoms with E-state index in [4.69, 9.17) is 5.11 Å². The molecule has 1 aliphatic heterocycles. The van der Waals surface area contributed by atoms with E-state index >= 15 is 0 Å². The van der Waals surface area contributed by atoms with E-state index in [9.17, 15) is 8.42 Å². The maximum Gasteiger partial charge on any atom is 0.214 e. The summed E-state index contributed by atoms with van der Waals surface area (Å²) in [6.45, 7) is 2.49. The number of likely N-dealkylation sites (tertiary alicyclic amines) is 1. The summed E-state index contributed by atoms with van der Waals surface area (Å²) in [6, 6.07) is 0. The van der Waals surface area contributed by atoms with Gasteiger partial charge in [0, 0.05) is 33.8 Å². The molecule has 0 amide bonds. The van der Waals surface area contributed by atoms with Crippen molar-refractivity contribution in [3.05, 3.63) is 0 Å². The summed E-state index contributed by atoms with van der Waals surface area (Å²) in [5.41, 5.74) is 0. The number of sulfonamides is 1. The van der Waals surface area contributed by atoms with E-state index in [1.807, 2.05) is 0 Å². The predicted octanol–water partition coefficient (Wildman–Crippen LogP) is -0.808. The first-order valence-corrected chi connectivity index (χ1v) is 6.80. The van der Waals surface area contributed by atoms with E-state index in [1.165, 1.54) is 4.31 Å². The first-order valence-electron chi connectivity index (χ1n) is 5.19. The Kier molecular flexibility index (Phi) is 4.51. The van der Waals surface area contributed by atoms with E-state index in [0.717, 1.165) is 19.5 Å². The highest BCUT2D eigenvalue weighted by Crippen LogP contribution is 2.15. The van der Waals surface area contributed by atoms with Crippen molar-refractivity contribution in [3.8, 4) is 0 Å². The van der Waals surface area contributed by atoms with Gasteiger partial charge in [0.25, 0.3) is 0 Å². The molecule has 0 aromatic heterocycles. The third-order valence-electron chi connectivity index (χ3n) is 2.85. The number of aliphatic hydroxyl groups excluding tert-OH is 1. The lowest BCUT2D eigenvalue weighted by molar-refractivity contribution is 0.223. The van der Waals surface area contributed by atoms with Crippen LogP contribution in [0.25, 0.3) is 0 Å². The molecule has 1 atom stereocenters. The fraction of sp³-hybridized carbons (Fsp3) is 1.00. The Morgan fingerprint density at radius 3 is 2.60 bits per heavy atom. The van der Waals surface area contributed by atoms with Crippen molar-refractivity contribution in [3.63, 3.8) is 0 Å². The maximum atomic E-state index is 11.5. The molecule has 0 aliphatic carbocycles. The van der Waals surface area contributed by atoms with Crippen molar-refractivity contribution in [2.24, 2.45) is 5.92 Å². The lowest BCUT2D eigenvalue weighted by atomic mass is 10.1. The highest BCUT2D eigenvalue weighted by molar-refractivity contribution is 7.89. The molecule has 90 valence electrons. The SMILES string of the molecule is CN(C)S(=O)(=O)CCN1CCC(CO)C1. The standard InChI is InChI=1S/C9H20N2O3S/c1-10(2)15(13,14)6-5-11-4-3-9(7-11)8-12/h9,12H,3-8H2,1-2H3. The fourth-order valence-corrected chi connectivity index (χ4v) is 2.55. The molecular weight excluding hydrogens is 216 g/mol. The van der Waals surface area contributed by atoms with Gasteiger partial charge >= 0.3 is 0 Å². The van der Waals surface area contributed by atoms with Gasteiger partial charge in [-0.15, -0.1) is 0 Å². The average Bonchev–Trinajstić information content (AvgIpc) is 2.62. The van der Waals surface area contributed by atoms with Crippen LogP contribution in [0.5, 0.6) is 0 Å². The zero-order chi connectivity index (χ0) is 11.5. The average molecular weight is 236 g/mol. The van der Waals surface area contributed by atoms with E-state index < -0.39 is 10.0 Å². The Labute approximate surface area is 91.7 Å². The van der Waals surface area contributed by atoms with Gasteiger partial charge in [-0.25, -0.2) is 12.7 Å². The van der Waals surface area contributed by atoms with Crippen molar-refractivity contribution in [2.45, 2.75) is 6.42 Å². The van der Waals surface area contributed by atoms with Gasteiger partial charge < -0.3 is 10.0 Å².